The Balaban J connectivity index is 1.74. The van der Waals surface area contributed by atoms with Gasteiger partial charge >= 0.3 is 0 Å². The Bertz CT molecular complexity index is 543. The van der Waals surface area contributed by atoms with Gasteiger partial charge in [-0.05, 0) is 0 Å². The highest BCUT2D eigenvalue weighted by Gasteiger charge is 2.22. The summed E-state index contributed by atoms with van der Waals surface area (Å²) >= 11 is 0. The molecule has 2 rings (SSSR count). The van der Waals surface area contributed by atoms with Crippen molar-refractivity contribution < 1.29 is 14.4 Å². The van der Waals surface area contributed by atoms with E-state index in [1.165, 1.54) is 12.2 Å². The number of benzene rings is 1. The van der Waals surface area contributed by atoms with Gasteiger partial charge in [0.05, 0.1) is 0 Å². The molecule has 3 amide bonds. The number of hydrogen-bond donors (Lipinski definition) is 1. The molecule has 0 aromatic heterocycles. The first kappa shape index (κ1) is 13.9. The van der Waals surface area contributed by atoms with E-state index in [-0.39, 0.29) is 37.2 Å². The molecule has 1 N–H and O–H groups in total. The zero-order chi connectivity index (χ0) is 14.5. The molecule has 0 aliphatic carbocycles. The van der Waals surface area contributed by atoms with Crippen LogP contribution in [-0.2, 0) is 20.8 Å². The Hall–Kier alpha value is -2.56. The summed E-state index contributed by atoms with van der Waals surface area (Å²) in [6.07, 6.45) is 2.72. The van der Waals surface area contributed by atoms with Gasteiger partial charge in [0.2, 0.25) is 5.91 Å². The first-order valence-electron chi connectivity index (χ1n) is 6.27. The third kappa shape index (κ3) is 3.47. The molecule has 20 heavy (non-hydrogen) atoms. The Morgan fingerprint density at radius 1 is 1.10 bits per heavy atom. The smallest absolute Gasteiger partial charge is 0.253 e. The van der Waals surface area contributed by atoms with Crippen LogP contribution >= 0.6 is 0 Å². The van der Waals surface area contributed by atoms with E-state index in [1.54, 1.807) is 0 Å². The highest BCUT2D eigenvalue weighted by atomic mass is 16.2. The van der Waals surface area contributed by atoms with E-state index < -0.39 is 0 Å². The molecular weight excluding hydrogens is 256 g/mol. The summed E-state index contributed by atoms with van der Waals surface area (Å²) in [5.41, 5.74) is 1.79. The van der Waals surface area contributed by atoms with E-state index in [0.29, 0.717) is 0 Å². The first-order valence-corrected chi connectivity index (χ1v) is 6.27. The van der Waals surface area contributed by atoms with Crippen molar-refractivity contribution in [3.8, 4) is 0 Å². The summed E-state index contributed by atoms with van der Waals surface area (Å²) in [5, 5.41) is 2.69. The summed E-state index contributed by atoms with van der Waals surface area (Å²) in [6, 6.07) is 7.38. The number of rotatable bonds is 5. The maximum Gasteiger partial charge on any atom is 0.253 e. The van der Waals surface area contributed by atoms with Crippen LogP contribution in [0, 0.1) is 6.92 Å². The van der Waals surface area contributed by atoms with Gasteiger partial charge in [-0.25, -0.2) is 0 Å². The first-order chi connectivity index (χ1) is 9.56. The zero-order valence-electron chi connectivity index (χ0n) is 11.0. The highest BCUT2D eigenvalue weighted by molar-refractivity contribution is 6.12. The van der Waals surface area contributed by atoms with Crippen molar-refractivity contribution in [2.45, 2.75) is 6.42 Å². The van der Waals surface area contributed by atoms with Gasteiger partial charge in [-0.3, -0.25) is 19.3 Å². The van der Waals surface area contributed by atoms with Crippen molar-refractivity contribution in [1.29, 1.82) is 0 Å². The van der Waals surface area contributed by atoms with Gasteiger partial charge in [-0.1, -0.05) is 5.56 Å². The summed E-state index contributed by atoms with van der Waals surface area (Å²) < 4.78 is 0. The molecule has 1 aromatic rings. The monoisotopic (exact) mass is 271 g/mol. The van der Waals surface area contributed by atoms with E-state index in [0.717, 1.165) is 16.0 Å². The van der Waals surface area contributed by atoms with Gasteiger partial charge < -0.3 is 5.32 Å². The molecule has 1 aromatic carbocycles. The molecule has 104 valence electrons. The number of imide groups is 1. The Morgan fingerprint density at radius 3 is 2.30 bits per heavy atom. The molecule has 1 aliphatic rings. The molecule has 0 atom stereocenters. The number of hydrogen-bond acceptors (Lipinski definition) is 3. The molecule has 1 heterocycles. The molecule has 1 aliphatic heterocycles. The molecule has 5 heteroatoms. The van der Waals surface area contributed by atoms with E-state index in [2.05, 4.69) is 12.2 Å². The third-order valence-electron chi connectivity index (χ3n) is 2.95. The SMILES string of the molecule is [CH2-]c1ccc(CC(=O)NCCN2C(=O)C=CC2=O)cc1. The summed E-state index contributed by atoms with van der Waals surface area (Å²) in [5.74, 6) is -0.820. The Labute approximate surface area is 117 Å². The van der Waals surface area contributed by atoms with Crippen molar-refractivity contribution in [3.63, 3.8) is 0 Å². The summed E-state index contributed by atoms with van der Waals surface area (Å²) in [4.78, 5) is 35.4. The van der Waals surface area contributed by atoms with E-state index in [1.807, 2.05) is 24.3 Å². The zero-order valence-corrected chi connectivity index (χ0v) is 11.0. The maximum absolute atomic E-state index is 11.7. The second kappa shape index (κ2) is 6.06. The minimum Gasteiger partial charge on any atom is -0.354 e. The molecule has 0 radical (unpaired) electrons. The maximum atomic E-state index is 11.7. The molecule has 0 spiro atoms. The van der Waals surface area contributed by atoms with Crippen molar-refractivity contribution in [2.24, 2.45) is 0 Å². The van der Waals surface area contributed by atoms with Crippen LogP contribution < -0.4 is 5.32 Å². The van der Waals surface area contributed by atoms with Gasteiger partial charge in [0.25, 0.3) is 11.8 Å². The van der Waals surface area contributed by atoms with Gasteiger partial charge in [0, 0.05) is 31.7 Å². The third-order valence-corrected chi connectivity index (χ3v) is 2.95. The Kier molecular flexibility index (Phi) is 4.20. The van der Waals surface area contributed by atoms with Crippen LogP contribution in [0.5, 0.6) is 0 Å². The van der Waals surface area contributed by atoms with Crippen molar-refractivity contribution in [3.05, 3.63) is 54.5 Å². The van der Waals surface area contributed by atoms with Gasteiger partial charge in [0.1, 0.15) is 0 Å². The molecular formula is C15H15N2O3-. The number of amides is 3. The highest BCUT2D eigenvalue weighted by Crippen LogP contribution is 2.04. The Morgan fingerprint density at radius 2 is 1.70 bits per heavy atom. The van der Waals surface area contributed by atoms with Crippen LogP contribution in [0.15, 0.2) is 36.4 Å². The predicted octanol–water partition coefficient (Wildman–Crippen LogP) is 0.452. The van der Waals surface area contributed by atoms with Crippen LogP contribution in [0.25, 0.3) is 0 Å². The van der Waals surface area contributed by atoms with Gasteiger partial charge in [-0.2, -0.15) is 24.6 Å². The minimum atomic E-state index is -0.338. The van der Waals surface area contributed by atoms with Gasteiger partial charge in [0.15, 0.2) is 0 Å². The average Bonchev–Trinajstić information content (AvgIpc) is 2.73. The molecule has 0 fully saturated rings. The molecule has 0 saturated heterocycles. The van der Waals surface area contributed by atoms with Crippen molar-refractivity contribution >= 4 is 17.7 Å². The van der Waals surface area contributed by atoms with E-state index in [4.69, 9.17) is 0 Å². The number of carbonyl (C=O) groups excluding carboxylic acids is 3. The fraction of sp³-hybridized carbons (Fsp3) is 0.200. The van der Waals surface area contributed by atoms with Crippen LogP contribution in [0.2, 0.25) is 0 Å². The van der Waals surface area contributed by atoms with E-state index in [9.17, 15) is 14.4 Å². The molecule has 0 unspecified atom stereocenters. The van der Waals surface area contributed by atoms with Crippen molar-refractivity contribution in [1.82, 2.24) is 10.2 Å². The fourth-order valence-corrected chi connectivity index (χ4v) is 1.86. The van der Waals surface area contributed by atoms with Crippen LogP contribution in [0.4, 0.5) is 0 Å². The lowest BCUT2D eigenvalue weighted by atomic mass is 10.1. The normalized spacial score (nSPS) is 13.9. The number of nitrogens with zero attached hydrogens (tertiary/aromatic N) is 1. The topological polar surface area (TPSA) is 66.5 Å². The van der Waals surface area contributed by atoms with Crippen molar-refractivity contribution in [2.75, 3.05) is 13.1 Å². The number of carbonyl (C=O) groups is 3. The lowest BCUT2D eigenvalue weighted by molar-refractivity contribution is -0.137. The largest absolute Gasteiger partial charge is 0.354 e. The summed E-state index contributed by atoms with van der Waals surface area (Å²) in [6.45, 7) is 4.22. The standard InChI is InChI=1S/C15H15N2O3/c1-11-2-4-12(5-3-11)10-13(18)16-8-9-17-14(19)6-7-15(17)20/h2-7H,1,8-10H2,(H,16,18)/q-1. The van der Waals surface area contributed by atoms with Crippen LogP contribution in [0.1, 0.15) is 11.1 Å². The summed E-state index contributed by atoms with van der Waals surface area (Å²) in [7, 11) is 0. The molecule has 5 nitrogen and oxygen atoms in total. The fourth-order valence-electron chi connectivity index (χ4n) is 1.86. The molecule has 0 bridgehead atoms. The number of nitrogens with one attached hydrogen (secondary N) is 1. The lowest BCUT2D eigenvalue weighted by Crippen LogP contribution is -2.38. The quantitative estimate of drug-likeness (QED) is 0.624. The minimum absolute atomic E-state index is 0.145. The molecule has 0 saturated carbocycles. The lowest BCUT2D eigenvalue weighted by Gasteiger charge is -2.14. The van der Waals surface area contributed by atoms with Crippen LogP contribution in [-0.4, -0.2) is 35.7 Å². The van der Waals surface area contributed by atoms with Gasteiger partial charge in [-0.15, -0.1) is 12.1 Å². The van der Waals surface area contributed by atoms with Crippen LogP contribution in [0.3, 0.4) is 0 Å². The second-order valence-corrected chi connectivity index (χ2v) is 4.50. The average molecular weight is 271 g/mol. The second-order valence-electron chi connectivity index (χ2n) is 4.50. The van der Waals surface area contributed by atoms with E-state index >= 15 is 0 Å². The predicted molar refractivity (Wildman–Crippen MR) is 73.5 cm³/mol.